The highest BCUT2D eigenvalue weighted by molar-refractivity contribution is 5.77. The largest absolute Gasteiger partial charge is 0.325 e. The molecule has 0 amide bonds. The number of hydrogen-bond acceptors (Lipinski definition) is 5. The molecule has 6 nitrogen and oxygen atoms in total. The molecule has 2 aliphatic heterocycles. The highest BCUT2D eigenvalue weighted by Gasteiger charge is 2.20. The Kier molecular flexibility index (Phi) is 4.12. The normalized spacial score (nSPS) is 19.3. The van der Waals surface area contributed by atoms with Crippen molar-refractivity contribution in [2.24, 2.45) is 4.99 Å². The predicted molar refractivity (Wildman–Crippen MR) is 103 cm³/mol. The number of hydrogen-bond donors (Lipinski definition) is 1. The molecule has 28 heavy (non-hydrogen) atoms. The van der Waals surface area contributed by atoms with Gasteiger partial charge in [-0.2, -0.15) is 0 Å². The van der Waals surface area contributed by atoms with E-state index in [-0.39, 0.29) is 17.4 Å². The molecular formula is C21H22FN6+. The highest BCUT2D eigenvalue weighted by Crippen LogP contribution is 2.29. The van der Waals surface area contributed by atoms with Crippen LogP contribution in [-0.2, 0) is 0 Å². The lowest BCUT2D eigenvalue weighted by molar-refractivity contribution is -0.522. The molecule has 0 saturated carbocycles. The van der Waals surface area contributed by atoms with Crippen LogP contribution < -0.4 is 15.0 Å². The van der Waals surface area contributed by atoms with Crippen LogP contribution >= 0.6 is 0 Å². The van der Waals surface area contributed by atoms with Gasteiger partial charge in [0.15, 0.2) is 17.7 Å². The number of nitrogens with zero attached hydrogens (tertiary/aromatic N) is 5. The minimum absolute atomic E-state index is 0.135. The zero-order valence-corrected chi connectivity index (χ0v) is 16.0. The number of benzene rings is 1. The van der Waals surface area contributed by atoms with Crippen molar-refractivity contribution in [3.05, 3.63) is 53.0 Å². The third kappa shape index (κ3) is 2.96. The first-order valence-corrected chi connectivity index (χ1v) is 9.75. The van der Waals surface area contributed by atoms with Gasteiger partial charge in [0.05, 0.1) is 5.56 Å². The van der Waals surface area contributed by atoms with Crippen molar-refractivity contribution in [1.82, 2.24) is 20.5 Å². The SMILES string of the molecule is Cc1cc(-c2nnc3cc(C4CCNCC4)cc(F)c3n2)c[n+]2c1=NC(C)C=2. The maximum absolute atomic E-state index is 14.9. The van der Waals surface area contributed by atoms with Crippen LogP contribution in [0, 0.1) is 19.0 Å². The van der Waals surface area contributed by atoms with E-state index >= 15 is 0 Å². The lowest BCUT2D eigenvalue weighted by Gasteiger charge is -2.23. The monoisotopic (exact) mass is 377 g/mol. The quantitative estimate of drug-likeness (QED) is 0.693. The third-order valence-corrected chi connectivity index (χ3v) is 5.55. The zero-order chi connectivity index (χ0) is 19.3. The van der Waals surface area contributed by atoms with Gasteiger partial charge in [-0.15, -0.1) is 10.2 Å². The molecule has 1 saturated heterocycles. The Morgan fingerprint density at radius 1 is 1.14 bits per heavy atom. The van der Waals surface area contributed by atoms with Crippen molar-refractivity contribution < 1.29 is 8.63 Å². The van der Waals surface area contributed by atoms with E-state index in [1.165, 1.54) is 0 Å². The second kappa shape index (κ2) is 6.67. The number of pyridine rings is 1. The molecule has 0 bridgehead atoms. The van der Waals surface area contributed by atoms with Gasteiger partial charge >= 0.3 is 5.49 Å². The van der Waals surface area contributed by atoms with E-state index in [4.69, 9.17) is 0 Å². The second-order valence-electron chi connectivity index (χ2n) is 7.69. The summed E-state index contributed by atoms with van der Waals surface area (Å²) in [5.41, 5.74) is 4.54. The number of rotatable bonds is 2. The number of aromatic nitrogens is 4. The zero-order valence-electron chi connectivity index (χ0n) is 16.0. The summed E-state index contributed by atoms with van der Waals surface area (Å²) in [7, 11) is 0. The standard InChI is InChI=1S/C21H22FN6/c1-12-7-16(11-28-10-13(2)24-21(12)28)20-25-19-17(22)8-15(9-18(19)26-27-20)14-3-5-23-6-4-14/h7-11,13-14,23H,3-6H2,1-2H3/q+1. The minimum Gasteiger partial charge on any atom is -0.317 e. The van der Waals surface area contributed by atoms with Crippen molar-refractivity contribution in [3.63, 3.8) is 0 Å². The molecule has 1 atom stereocenters. The molecule has 3 aromatic rings. The van der Waals surface area contributed by atoms with Crippen molar-refractivity contribution in [1.29, 1.82) is 0 Å². The lowest BCUT2D eigenvalue weighted by atomic mass is 9.90. The predicted octanol–water partition coefficient (Wildman–Crippen LogP) is 1.93. The molecule has 5 rings (SSSR count). The van der Waals surface area contributed by atoms with Crippen LogP contribution in [0.1, 0.15) is 36.8 Å². The molecule has 0 spiro atoms. The van der Waals surface area contributed by atoms with Crippen LogP contribution in [0.25, 0.3) is 22.4 Å². The average Bonchev–Trinajstić information content (AvgIpc) is 3.09. The topological polar surface area (TPSA) is 69.0 Å². The number of aryl methyl sites for hydroxylation is 1. The maximum Gasteiger partial charge on any atom is 0.325 e. The first kappa shape index (κ1) is 17.3. The molecule has 2 aliphatic rings. The Morgan fingerprint density at radius 2 is 1.96 bits per heavy atom. The number of nitrogens with one attached hydrogen (secondary N) is 1. The molecule has 1 aromatic carbocycles. The van der Waals surface area contributed by atoms with Crippen LogP contribution in [0.2, 0.25) is 0 Å². The van der Waals surface area contributed by atoms with Gasteiger partial charge in [-0.25, -0.2) is 13.6 Å². The molecule has 1 unspecified atom stereocenters. The van der Waals surface area contributed by atoms with Crippen LogP contribution in [0.4, 0.5) is 4.39 Å². The Morgan fingerprint density at radius 3 is 2.79 bits per heavy atom. The smallest absolute Gasteiger partial charge is 0.317 e. The summed E-state index contributed by atoms with van der Waals surface area (Å²) < 4.78 is 16.9. The Balaban J connectivity index is 1.59. The van der Waals surface area contributed by atoms with E-state index in [0.29, 0.717) is 17.3 Å². The lowest BCUT2D eigenvalue weighted by Crippen LogP contribution is -2.36. The number of halogens is 1. The first-order chi connectivity index (χ1) is 13.6. The average molecular weight is 377 g/mol. The molecular weight excluding hydrogens is 355 g/mol. The minimum atomic E-state index is -0.331. The summed E-state index contributed by atoms with van der Waals surface area (Å²) >= 11 is 0. The number of piperidine rings is 1. The fraction of sp³-hybridized carbons (Fsp3) is 0.381. The summed E-state index contributed by atoms with van der Waals surface area (Å²) in [6.07, 6.45) is 5.98. The highest BCUT2D eigenvalue weighted by atomic mass is 19.1. The van der Waals surface area contributed by atoms with Crippen LogP contribution in [0.3, 0.4) is 0 Å². The molecule has 4 heterocycles. The van der Waals surface area contributed by atoms with Crippen molar-refractivity contribution in [3.8, 4) is 11.4 Å². The van der Waals surface area contributed by atoms with E-state index in [2.05, 4.69) is 25.5 Å². The van der Waals surface area contributed by atoms with Gasteiger partial charge in [-0.1, -0.05) is 4.99 Å². The molecule has 0 aliphatic carbocycles. The summed E-state index contributed by atoms with van der Waals surface area (Å²) in [6.45, 7) is 5.97. The summed E-state index contributed by atoms with van der Waals surface area (Å²) in [5, 5.41) is 11.9. The molecule has 142 valence electrons. The van der Waals surface area contributed by atoms with Gasteiger partial charge in [-0.05, 0) is 69.5 Å². The summed E-state index contributed by atoms with van der Waals surface area (Å²) in [5.74, 6) is 0.453. The van der Waals surface area contributed by atoms with E-state index in [0.717, 1.165) is 48.1 Å². The van der Waals surface area contributed by atoms with Crippen molar-refractivity contribution in [2.75, 3.05) is 13.1 Å². The van der Waals surface area contributed by atoms with Crippen LogP contribution in [0.5, 0.6) is 0 Å². The summed E-state index contributed by atoms with van der Waals surface area (Å²) in [4.78, 5) is 9.09. The molecule has 7 heteroatoms. The molecule has 1 N–H and O–H groups in total. The second-order valence-corrected chi connectivity index (χ2v) is 7.69. The third-order valence-electron chi connectivity index (χ3n) is 5.55. The van der Waals surface area contributed by atoms with Crippen molar-refractivity contribution >= 4 is 11.0 Å². The molecule has 1 fully saturated rings. The Labute approximate surface area is 161 Å². The van der Waals surface area contributed by atoms with Gasteiger partial charge in [0, 0.05) is 5.56 Å². The Bertz CT molecular complexity index is 1200. The molecule has 0 radical (unpaired) electrons. The van der Waals surface area contributed by atoms with Crippen LogP contribution in [-0.4, -0.2) is 34.3 Å². The van der Waals surface area contributed by atoms with E-state index < -0.39 is 0 Å². The van der Waals surface area contributed by atoms with E-state index in [1.54, 1.807) is 6.07 Å². The Hall–Kier alpha value is -2.80. The van der Waals surface area contributed by atoms with Gasteiger partial charge in [0.2, 0.25) is 0 Å². The van der Waals surface area contributed by atoms with Crippen molar-refractivity contribution in [2.45, 2.75) is 38.6 Å². The van der Waals surface area contributed by atoms with Crippen LogP contribution in [0.15, 0.2) is 29.4 Å². The molecule has 2 aromatic heterocycles. The van der Waals surface area contributed by atoms with Gasteiger partial charge < -0.3 is 5.32 Å². The first-order valence-electron chi connectivity index (χ1n) is 9.75. The maximum atomic E-state index is 14.9. The fourth-order valence-electron chi connectivity index (χ4n) is 4.15. The van der Waals surface area contributed by atoms with E-state index in [9.17, 15) is 4.39 Å². The summed E-state index contributed by atoms with van der Waals surface area (Å²) in [6, 6.07) is 5.67. The number of fused-ring (bicyclic) bond motifs is 2. The fourth-order valence-corrected chi connectivity index (χ4v) is 4.15. The van der Waals surface area contributed by atoms with Gasteiger partial charge in [0.1, 0.15) is 23.4 Å². The van der Waals surface area contributed by atoms with Gasteiger partial charge in [-0.3, -0.25) is 0 Å². The van der Waals surface area contributed by atoms with Gasteiger partial charge in [0.25, 0.3) is 0 Å². The van der Waals surface area contributed by atoms with E-state index in [1.807, 2.05) is 42.6 Å².